The van der Waals surface area contributed by atoms with Crippen molar-refractivity contribution in [3.63, 3.8) is 0 Å². The molecule has 2 atom stereocenters. The molecule has 3 nitrogen and oxygen atoms in total. The van der Waals surface area contributed by atoms with Crippen molar-refractivity contribution in [2.45, 2.75) is 66.5 Å². The topological polar surface area (TPSA) is 63.3 Å². The maximum absolute atomic E-state index is 10.3. The first-order valence-electron chi connectivity index (χ1n) is 5.32. The highest BCUT2D eigenvalue weighted by atomic mass is 16.3. The van der Waals surface area contributed by atoms with Crippen LogP contribution in [0.1, 0.15) is 54.4 Å². The summed E-state index contributed by atoms with van der Waals surface area (Å²) in [4.78, 5) is 10.3. The second-order valence-electron chi connectivity index (χ2n) is 3.29. The molecule has 0 aromatic rings. The number of rotatable bonds is 2. The molecule has 0 fully saturated rings. The molecule has 2 unspecified atom stereocenters. The lowest BCUT2D eigenvalue weighted by molar-refractivity contribution is -0.120. The first-order valence-corrected chi connectivity index (χ1v) is 5.32. The molecule has 0 aliphatic carbocycles. The minimum atomic E-state index is -0.729. The monoisotopic (exact) mass is 205 g/mol. The van der Waals surface area contributed by atoms with Gasteiger partial charge in [-0.05, 0) is 13.8 Å². The fourth-order valence-corrected chi connectivity index (χ4v) is 0.340. The quantitative estimate of drug-likeness (QED) is 0.725. The second kappa shape index (κ2) is 15.1. The van der Waals surface area contributed by atoms with Gasteiger partial charge in [-0.15, -0.1) is 0 Å². The Morgan fingerprint density at radius 3 is 1.43 bits per heavy atom. The Labute approximate surface area is 88.7 Å². The average Bonchev–Trinajstić information content (AvgIpc) is 2.05. The number of Topliss-reactive ketones (excluding diaryl/α,β-unsaturated/α-hetero) is 1. The number of hydrogen-bond acceptors (Lipinski definition) is 3. The summed E-state index contributed by atoms with van der Waals surface area (Å²) in [6.07, 6.45) is 1.77. The second-order valence-corrected chi connectivity index (χ2v) is 3.29. The lowest BCUT2D eigenvalue weighted by Crippen LogP contribution is -2.38. The van der Waals surface area contributed by atoms with Crippen molar-refractivity contribution in [2.24, 2.45) is 5.73 Å². The summed E-state index contributed by atoms with van der Waals surface area (Å²) in [5.41, 5.74) is 5.16. The van der Waals surface area contributed by atoms with E-state index in [4.69, 9.17) is 10.8 Å². The zero-order chi connectivity index (χ0) is 12.1. The molecule has 3 N–H and O–H groups in total. The Balaban J connectivity index is -0.000000168. The molecule has 14 heavy (non-hydrogen) atoms. The molecule has 0 aliphatic heterocycles. The molecule has 0 heterocycles. The van der Waals surface area contributed by atoms with Crippen LogP contribution >= 0.6 is 0 Å². The fourth-order valence-electron chi connectivity index (χ4n) is 0.340. The van der Waals surface area contributed by atoms with Gasteiger partial charge in [0.05, 0.1) is 12.1 Å². The lowest BCUT2D eigenvalue weighted by atomic mass is 10.1. The molecule has 0 saturated carbocycles. The van der Waals surface area contributed by atoms with Crippen molar-refractivity contribution in [2.75, 3.05) is 0 Å². The maximum atomic E-state index is 10.3. The Morgan fingerprint density at radius 1 is 1.21 bits per heavy atom. The molecule has 0 spiro atoms. The van der Waals surface area contributed by atoms with Crippen LogP contribution in [0, 0.1) is 0 Å². The van der Waals surface area contributed by atoms with Crippen LogP contribution in [0.2, 0.25) is 0 Å². The molecule has 88 valence electrons. The minimum Gasteiger partial charge on any atom is -0.391 e. The number of ketones is 1. The summed E-state index contributed by atoms with van der Waals surface area (Å²) in [6.45, 7) is 11.4. The van der Waals surface area contributed by atoms with E-state index in [1.54, 1.807) is 0 Å². The first kappa shape index (κ1) is 19.2. The van der Waals surface area contributed by atoms with E-state index in [0.29, 0.717) is 0 Å². The molecule has 0 aromatic carbocycles. The Morgan fingerprint density at radius 2 is 1.43 bits per heavy atom. The SMILES string of the molecule is CC(=O)C(N)C(C)O.CCC.CCC. The predicted molar refractivity (Wildman–Crippen MR) is 62.3 cm³/mol. The largest absolute Gasteiger partial charge is 0.391 e. The van der Waals surface area contributed by atoms with Crippen LogP contribution in [-0.4, -0.2) is 23.0 Å². The van der Waals surface area contributed by atoms with Gasteiger partial charge in [-0.1, -0.05) is 40.5 Å². The Kier molecular flexibility index (Phi) is 20.7. The van der Waals surface area contributed by atoms with Crippen LogP contribution in [0.4, 0.5) is 0 Å². The molecule has 3 heteroatoms. The summed E-state index contributed by atoms with van der Waals surface area (Å²) in [6, 6.07) is -0.713. The predicted octanol–water partition coefficient (Wildman–Crippen LogP) is 2.12. The van der Waals surface area contributed by atoms with Crippen molar-refractivity contribution < 1.29 is 9.90 Å². The number of aliphatic hydroxyl groups is 1. The Bertz CT molecular complexity index is 112. The minimum absolute atomic E-state index is 0.181. The number of aliphatic hydroxyl groups excluding tert-OH is 1. The first-order chi connectivity index (χ1) is 6.38. The smallest absolute Gasteiger partial charge is 0.149 e. The van der Waals surface area contributed by atoms with Gasteiger partial charge in [0.25, 0.3) is 0 Å². The normalized spacial score (nSPS) is 12.6. The van der Waals surface area contributed by atoms with Gasteiger partial charge in [0.2, 0.25) is 0 Å². The van der Waals surface area contributed by atoms with E-state index in [2.05, 4.69) is 27.7 Å². The number of hydrogen-bond donors (Lipinski definition) is 2. The number of carbonyl (C=O) groups excluding carboxylic acids is 1. The van der Waals surface area contributed by atoms with Crippen LogP contribution in [0.25, 0.3) is 0 Å². The molecule has 0 saturated heterocycles. The molecule has 0 radical (unpaired) electrons. The van der Waals surface area contributed by atoms with Crippen LogP contribution in [-0.2, 0) is 4.79 Å². The number of nitrogens with two attached hydrogens (primary N) is 1. The molecule has 0 aliphatic rings. The molecule has 0 amide bonds. The highest BCUT2D eigenvalue weighted by Gasteiger charge is 2.12. The van der Waals surface area contributed by atoms with Crippen molar-refractivity contribution in [1.29, 1.82) is 0 Å². The summed E-state index contributed by atoms with van der Waals surface area (Å²) >= 11 is 0. The van der Waals surface area contributed by atoms with E-state index in [1.165, 1.54) is 26.7 Å². The van der Waals surface area contributed by atoms with E-state index in [9.17, 15) is 4.79 Å². The van der Waals surface area contributed by atoms with Crippen LogP contribution in [0.5, 0.6) is 0 Å². The Hall–Kier alpha value is -0.410. The third-order valence-corrected chi connectivity index (χ3v) is 0.989. The van der Waals surface area contributed by atoms with Crippen LogP contribution < -0.4 is 5.73 Å². The lowest BCUT2D eigenvalue weighted by Gasteiger charge is -2.08. The molecular weight excluding hydrogens is 178 g/mol. The zero-order valence-electron chi connectivity index (χ0n) is 10.5. The maximum Gasteiger partial charge on any atom is 0.149 e. The van der Waals surface area contributed by atoms with Gasteiger partial charge < -0.3 is 10.8 Å². The summed E-state index contributed by atoms with van der Waals surface area (Å²) in [7, 11) is 0. The van der Waals surface area contributed by atoms with E-state index < -0.39 is 12.1 Å². The van der Waals surface area contributed by atoms with Gasteiger partial charge >= 0.3 is 0 Å². The van der Waals surface area contributed by atoms with Crippen molar-refractivity contribution >= 4 is 5.78 Å². The summed E-state index contributed by atoms with van der Waals surface area (Å²) in [5, 5.41) is 8.65. The van der Waals surface area contributed by atoms with E-state index in [1.807, 2.05) is 0 Å². The molecule has 0 rings (SSSR count). The van der Waals surface area contributed by atoms with Gasteiger partial charge in [-0.2, -0.15) is 0 Å². The van der Waals surface area contributed by atoms with E-state index in [0.717, 1.165) is 0 Å². The summed E-state index contributed by atoms with van der Waals surface area (Å²) < 4.78 is 0. The average molecular weight is 205 g/mol. The third kappa shape index (κ3) is 22.6. The van der Waals surface area contributed by atoms with E-state index in [-0.39, 0.29) is 5.78 Å². The van der Waals surface area contributed by atoms with E-state index >= 15 is 0 Å². The van der Waals surface area contributed by atoms with Crippen molar-refractivity contribution in [3.8, 4) is 0 Å². The fraction of sp³-hybridized carbons (Fsp3) is 0.909. The summed E-state index contributed by atoms with van der Waals surface area (Å²) in [5.74, 6) is -0.181. The van der Waals surface area contributed by atoms with Gasteiger partial charge in [0.15, 0.2) is 0 Å². The highest BCUT2D eigenvalue weighted by molar-refractivity contribution is 5.81. The standard InChI is InChI=1S/C5H11NO2.2C3H8/c1-3(7)5(6)4(2)8;2*1-3-2/h3,5,7H,6H2,1-2H3;2*3H2,1-2H3. The number of carbonyl (C=O) groups is 1. The molecule has 0 bridgehead atoms. The van der Waals surface area contributed by atoms with Gasteiger partial charge in [0, 0.05) is 0 Å². The van der Waals surface area contributed by atoms with Gasteiger partial charge in [-0.25, -0.2) is 0 Å². The molecular formula is C11H27NO2. The zero-order valence-corrected chi connectivity index (χ0v) is 10.5. The highest BCUT2D eigenvalue weighted by Crippen LogP contribution is 1.87. The van der Waals surface area contributed by atoms with Crippen LogP contribution in [0.15, 0.2) is 0 Å². The van der Waals surface area contributed by atoms with Gasteiger partial charge in [-0.3, -0.25) is 4.79 Å². The van der Waals surface area contributed by atoms with Crippen molar-refractivity contribution in [1.82, 2.24) is 0 Å². The van der Waals surface area contributed by atoms with Crippen LogP contribution in [0.3, 0.4) is 0 Å². The van der Waals surface area contributed by atoms with Crippen molar-refractivity contribution in [3.05, 3.63) is 0 Å². The third-order valence-electron chi connectivity index (χ3n) is 0.989. The molecule has 0 aromatic heterocycles. The van der Waals surface area contributed by atoms with Gasteiger partial charge in [0.1, 0.15) is 5.78 Å².